The summed E-state index contributed by atoms with van der Waals surface area (Å²) < 4.78 is 0. The van der Waals surface area contributed by atoms with Gasteiger partial charge in [-0.05, 0) is 45.1 Å². The zero-order valence-electron chi connectivity index (χ0n) is 12.6. The van der Waals surface area contributed by atoms with Crippen molar-refractivity contribution in [1.82, 2.24) is 10.2 Å². The molecule has 2 saturated heterocycles. The Morgan fingerprint density at radius 3 is 2.50 bits per heavy atom. The first-order valence-corrected chi connectivity index (χ1v) is 7.83. The van der Waals surface area contributed by atoms with E-state index in [0.29, 0.717) is 19.4 Å². The molecule has 0 aromatic heterocycles. The van der Waals surface area contributed by atoms with Gasteiger partial charge in [0.1, 0.15) is 5.54 Å². The van der Waals surface area contributed by atoms with Crippen LogP contribution in [0.15, 0.2) is 0 Å². The van der Waals surface area contributed by atoms with Crippen LogP contribution in [0.25, 0.3) is 0 Å². The second-order valence-electron chi connectivity index (χ2n) is 6.11. The highest BCUT2D eigenvalue weighted by Gasteiger charge is 2.53. The van der Waals surface area contributed by atoms with Gasteiger partial charge < -0.3 is 15.3 Å². The fourth-order valence-corrected chi connectivity index (χ4v) is 3.88. The molecule has 2 atom stereocenters. The lowest BCUT2D eigenvalue weighted by Crippen LogP contribution is -2.62. The van der Waals surface area contributed by atoms with E-state index < -0.39 is 17.0 Å². The van der Waals surface area contributed by atoms with E-state index in [0.717, 1.165) is 38.6 Å². The number of carbonyl (C=O) groups excluding carboxylic acids is 1. The number of carboxylic acids is 1. The van der Waals surface area contributed by atoms with Crippen LogP contribution in [0.1, 0.15) is 58.8 Å². The zero-order valence-corrected chi connectivity index (χ0v) is 12.6. The molecule has 0 radical (unpaired) electrons. The van der Waals surface area contributed by atoms with E-state index in [4.69, 9.17) is 0 Å². The van der Waals surface area contributed by atoms with Gasteiger partial charge >= 0.3 is 5.97 Å². The van der Waals surface area contributed by atoms with E-state index in [1.54, 1.807) is 4.90 Å². The molecule has 0 bridgehead atoms. The van der Waals surface area contributed by atoms with Crippen LogP contribution in [0, 0.1) is 0 Å². The summed E-state index contributed by atoms with van der Waals surface area (Å²) in [7, 11) is 0. The van der Waals surface area contributed by atoms with Crippen molar-refractivity contribution in [3.63, 3.8) is 0 Å². The number of rotatable bonds is 5. The molecule has 5 nitrogen and oxygen atoms in total. The molecule has 114 valence electrons. The van der Waals surface area contributed by atoms with Crippen molar-refractivity contribution in [2.45, 2.75) is 69.9 Å². The highest BCUT2D eigenvalue weighted by Crippen LogP contribution is 2.38. The van der Waals surface area contributed by atoms with E-state index >= 15 is 0 Å². The molecule has 2 unspecified atom stereocenters. The quantitative estimate of drug-likeness (QED) is 0.806. The summed E-state index contributed by atoms with van der Waals surface area (Å²) in [4.78, 5) is 26.5. The minimum atomic E-state index is -0.974. The average molecular weight is 282 g/mol. The minimum absolute atomic E-state index is 0.00542. The van der Waals surface area contributed by atoms with Crippen LogP contribution in [0.4, 0.5) is 0 Å². The minimum Gasteiger partial charge on any atom is -0.479 e. The van der Waals surface area contributed by atoms with Gasteiger partial charge in [0.25, 0.3) is 0 Å². The van der Waals surface area contributed by atoms with Crippen LogP contribution in [-0.4, -0.2) is 46.1 Å². The second kappa shape index (κ2) is 5.72. The number of hydrogen-bond donors (Lipinski definition) is 2. The zero-order chi connectivity index (χ0) is 14.8. The van der Waals surface area contributed by atoms with E-state index in [9.17, 15) is 14.7 Å². The predicted octanol–water partition coefficient (Wildman–Crippen LogP) is 1.76. The number of hydrogen-bond acceptors (Lipinski definition) is 3. The molecule has 2 fully saturated rings. The van der Waals surface area contributed by atoms with Gasteiger partial charge in [0.05, 0.1) is 5.54 Å². The largest absolute Gasteiger partial charge is 0.479 e. The third-order valence-electron chi connectivity index (χ3n) is 5.05. The van der Waals surface area contributed by atoms with Crippen molar-refractivity contribution in [1.29, 1.82) is 0 Å². The van der Waals surface area contributed by atoms with Gasteiger partial charge in [-0.2, -0.15) is 0 Å². The maximum atomic E-state index is 13.0. The van der Waals surface area contributed by atoms with Crippen LogP contribution in [0.2, 0.25) is 0 Å². The van der Waals surface area contributed by atoms with Crippen LogP contribution in [0.5, 0.6) is 0 Å². The SMILES string of the molecule is CCCC1(C(=O)O)CCCN1C(=O)C1(CC)CCCN1. The lowest BCUT2D eigenvalue weighted by Gasteiger charge is -2.40. The summed E-state index contributed by atoms with van der Waals surface area (Å²) in [5.41, 5.74) is -1.50. The summed E-state index contributed by atoms with van der Waals surface area (Å²) in [6, 6.07) is 0. The molecular formula is C15H26N2O3. The fourth-order valence-electron chi connectivity index (χ4n) is 3.88. The lowest BCUT2D eigenvalue weighted by atomic mass is 9.86. The smallest absolute Gasteiger partial charge is 0.329 e. The van der Waals surface area contributed by atoms with Gasteiger partial charge in [-0.1, -0.05) is 20.3 Å². The Balaban J connectivity index is 2.29. The van der Waals surface area contributed by atoms with Gasteiger partial charge in [-0.3, -0.25) is 4.79 Å². The molecule has 0 spiro atoms. The second-order valence-corrected chi connectivity index (χ2v) is 6.11. The van der Waals surface area contributed by atoms with Crippen LogP contribution in [0.3, 0.4) is 0 Å². The van der Waals surface area contributed by atoms with Crippen LogP contribution in [-0.2, 0) is 9.59 Å². The maximum Gasteiger partial charge on any atom is 0.329 e. The number of nitrogens with one attached hydrogen (secondary N) is 1. The summed E-state index contributed by atoms with van der Waals surface area (Å²) in [5, 5.41) is 13.0. The normalized spacial score (nSPS) is 33.6. The van der Waals surface area contributed by atoms with Crippen LogP contribution < -0.4 is 5.32 Å². The molecule has 2 aliphatic heterocycles. The molecule has 1 amide bonds. The number of likely N-dealkylation sites (tertiary alicyclic amines) is 1. The molecule has 0 aromatic rings. The predicted molar refractivity (Wildman–Crippen MR) is 76.5 cm³/mol. The van der Waals surface area contributed by atoms with Crippen molar-refractivity contribution in [3.8, 4) is 0 Å². The Morgan fingerprint density at radius 2 is 2.00 bits per heavy atom. The number of carboxylic acid groups (broad SMARTS) is 1. The van der Waals surface area contributed by atoms with Gasteiger partial charge in [0.15, 0.2) is 0 Å². The molecule has 5 heteroatoms. The van der Waals surface area contributed by atoms with Crippen molar-refractivity contribution < 1.29 is 14.7 Å². The van der Waals surface area contributed by atoms with E-state index in [-0.39, 0.29) is 5.91 Å². The topological polar surface area (TPSA) is 69.6 Å². The average Bonchev–Trinajstić information content (AvgIpc) is 3.06. The number of aliphatic carboxylic acids is 1. The standard InChI is InChI=1S/C15H26N2O3/c1-3-7-15(13(19)20)9-6-11-17(15)12(18)14(4-2)8-5-10-16-14/h16H,3-11H2,1-2H3,(H,19,20). The van der Waals surface area contributed by atoms with E-state index in [1.807, 2.05) is 13.8 Å². The fraction of sp³-hybridized carbons (Fsp3) is 0.867. The molecule has 20 heavy (non-hydrogen) atoms. The highest BCUT2D eigenvalue weighted by molar-refractivity contribution is 5.93. The molecule has 2 heterocycles. The van der Waals surface area contributed by atoms with Gasteiger partial charge in [-0.25, -0.2) is 4.79 Å². The molecular weight excluding hydrogens is 256 g/mol. The first-order valence-electron chi connectivity index (χ1n) is 7.83. The maximum absolute atomic E-state index is 13.0. The van der Waals surface area contributed by atoms with Gasteiger partial charge in [0, 0.05) is 6.54 Å². The Hall–Kier alpha value is -1.10. The molecule has 0 saturated carbocycles. The van der Waals surface area contributed by atoms with Crippen molar-refractivity contribution in [3.05, 3.63) is 0 Å². The summed E-state index contributed by atoms with van der Waals surface area (Å²) in [5.74, 6) is -0.833. The van der Waals surface area contributed by atoms with Crippen molar-refractivity contribution >= 4 is 11.9 Å². The lowest BCUT2D eigenvalue weighted by molar-refractivity contribution is -0.159. The molecule has 2 rings (SSSR count). The van der Waals surface area contributed by atoms with Gasteiger partial charge in [-0.15, -0.1) is 0 Å². The van der Waals surface area contributed by atoms with E-state index in [1.165, 1.54) is 0 Å². The highest BCUT2D eigenvalue weighted by atomic mass is 16.4. The summed E-state index contributed by atoms with van der Waals surface area (Å²) in [6.07, 6.45) is 5.24. The molecule has 0 aromatic carbocycles. The van der Waals surface area contributed by atoms with Gasteiger partial charge in [0.2, 0.25) is 5.91 Å². The third-order valence-corrected chi connectivity index (χ3v) is 5.05. The number of nitrogens with zero attached hydrogens (tertiary/aromatic N) is 1. The number of carbonyl (C=O) groups is 2. The Morgan fingerprint density at radius 1 is 1.25 bits per heavy atom. The molecule has 2 N–H and O–H groups in total. The van der Waals surface area contributed by atoms with Crippen LogP contribution >= 0.6 is 0 Å². The Bertz CT molecular complexity index is 391. The molecule has 0 aliphatic carbocycles. The first kappa shape index (κ1) is 15.3. The Labute approximate surface area is 120 Å². The monoisotopic (exact) mass is 282 g/mol. The summed E-state index contributed by atoms with van der Waals surface area (Å²) >= 11 is 0. The Kier molecular flexibility index (Phi) is 4.37. The van der Waals surface area contributed by atoms with E-state index in [2.05, 4.69) is 5.32 Å². The van der Waals surface area contributed by atoms with Crippen molar-refractivity contribution in [2.24, 2.45) is 0 Å². The number of amides is 1. The van der Waals surface area contributed by atoms with Crippen molar-refractivity contribution in [2.75, 3.05) is 13.1 Å². The first-order chi connectivity index (χ1) is 9.52. The molecule has 2 aliphatic rings. The third kappa shape index (κ3) is 2.22. The summed E-state index contributed by atoms with van der Waals surface area (Å²) in [6.45, 7) is 5.42.